The van der Waals surface area contributed by atoms with Gasteiger partial charge in [-0.05, 0) is 12.1 Å². The van der Waals surface area contributed by atoms with Crippen molar-refractivity contribution in [3.63, 3.8) is 0 Å². The molecular weight excluding hydrogens is 419 g/mol. The minimum absolute atomic E-state index is 0.0155. The standard InChI is InChI=1S/C14H12Cl2N6O4S/c1-26-14-10-12(18-6-19-13(10)22(20-14)5-9(17)23)21-27(24,25)8-4-2-3-7(15)11(8)16/h2-4,6H,5H2,1H3,(H2,17,23)(H,18,19,21). The van der Waals surface area contributed by atoms with E-state index in [4.69, 9.17) is 33.7 Å². The van der Waals surface area contributed by atoms with Crippen molar-refractivity contribution in [2.45, 2.75) is 11.4 Å². The lowest BCUT2D eigenvalue weighted by Gasteiger charge is -2.10. The normalized spacial score (nSPS) is 11.5. The molecule has 0 aliphatic rings. The van der Waals surface area contributed by atoms with Crippen LogP contribution in [0.4, 0.5) is 5.82 Å². The van der Waals surface area contributed by atoms with Gasteiger partial charge in [0.2, 0.25) is 11.8 Å². The monoisotopic (exact) mass is 430 g/mol. The Morgan fingerprint density at radius 1 is 1.33 bits per heavy atom. The number of methoxy groups -OCH3 is 1. The van der Waals surface area contributed by atoms with E-state index in [2.05, 4.69) is 19.8 Å². The van der Waals surface area contributed by atoms with Gasteiger partial charge in [-0.15, -0.1) is 5.10 Å². The number of primary amides is 1. The minimum Gasteiger partial charge on any atom is -0.479 e. The smallest absolute Gasteiger partial charge is 0.264 e. The van der Waals surface area contributed by atoms with Gasteiger partial charge in [-0.3, -0.25) is 9.52 Å². The SMILES string of the molecule is COc1nn(CC(N)=O)c2ncnc(NS(=O)(=O)c3cccc(Cl)c3Cl)c12. The van der Waals surface area contributed by atoms with Crippen LogP contribution >= 0.6 is 23.2 Å². The zero-order chi connectivity index (χ0) is 19.8. The quantitative estimate of drug-likeness (QED) is 0.601. The van der Waals surface area contributed by atoms with E-state index in [0.29, 0.717) is 0 Å². The van der Waals surface area contributed by atoms with Crippen molar-refractivity contribution < 1.29 is 17.9 Å². The molecule has 3 aromatic rings. The molecule has 2 heterocycles. The molecule has 0 aliphatic carbocycles. The molecule has 0 atom stereocenters. The molecule has 3 N–H and O–H groups in total. The number of anilines is 1. The summed E-state index contributed by atoms with van der Waals surface area (Å²) in [5.41, 5.74) is 5.35. The molecule has 10 nitrogen and oxygen atoms in total. The van der Waals surface area contributed by atoms with E-state index in [9.17, 15) is 13.2 Å². The van der Waals surface area contributed by atoms with E-state index in [1.165, 1.54) is 30.0 Å². The Balaban J connectivity index is 2.13. The molecule has 0 radical (unpaired) electrons. The summed E-state index contributed by atoms with van der Waals surface area (Å²) < 4.78 is 34.1. The predicted octanol–water partition coefficient (Wildman–Crippen LogP) is 1.43. The molecule has 0 bridgehead atoms. The molecule has 0 unspecified atom stereocenters. The number of nitrogens with one attached hydrogen (secondary N) is 1. The van der Waals surface area contributed by atoms with E-state index < -0.39 is 15.9 Å². The third-order valence-electron chi connectivity index (χ3n) is 3.43. The van der Waals surface area contributed by atoms with Crippen LogP contribution in [0, 0.1) is 0 Å². The molecule has 13 heteroatoms. The largest absolute Gasteiger partial charge is 0.479 e. The Labute approximate surface area is 163 Å². The van der Waals surface area contributed by atoms with Gasteiger partial charge in [-0.25, -0.2) is 23.1 Å². The molecule has 1 amide bonds. The van der Waals surface area contributed by atoms with Crippen molar-refractivity contribution >= 4 is 56.0 Å². The van der Waals surface area contributed by atoms with Crippen molar-refractivity contribution in [1.29, 1.82) is 0 Å². The highest BCUT2D eigenvalue weighted by atomic mass is 35.5. The number of fused-ring (bicyclic) bond motifs is 1. The summed E-state index contributed by atoms with van der Waals surface area (Å²) in [7, 11) is -2.81. The number of aromatic nitrogens is 4. The van der Waals surface area contributed by atoms with Gasteiger partial charge in [0.15, 0.2) is 11.5 Å². The summed E-state index contributed by atoms with van der Waals surface area (Å²) in [5.74, 6) is -0.751. The molecule has 0 fully saturated rings. The Bertz CT molecular complexity index is 1150. The first-order valence-electron chi connectivity index (χ1n) is 7.25. The summed E-state index contributed by atoms with van der Waals surface area (Å²) in [4.78, 5) is 18.9. The second kappa shape index (κ2) is 7.18. The van der Waals surface area contributed by atoms with Crippen molar-refractivity contribution in [2.75, 3.05) is 11.8 Å². The van der Waals surface area contributed by atoms with Crippen LogP contribution in [-0.4, -0.2) is 41.2 Å². The lowest BCUT2D eigenvalue weighted by Crippen LogP contribution is -2.19. The van der Waals surface area contributed by atoms with E-state index in [0.717, 1.165) is 6.33 Å². The number of hydrogen-bond acceptors (Lipinski definition) is 7. The lowest BCUT2D eigenvalue weighted by atomic mass is 10.4. The average Bonchev–Trinajstić information content (AvgIpc) is 2.95. The minimum atomic E-state index is -4.14. The molecular formula is C14H12Cl2N6O4S. The number of carbonyl (C=O) groups excluding carboxylic acids is 1. The molecule has 0 saturated carbocycles. The molecule has 0 spiro atoms. The predicted molar refractivity (Wildman–Crippen MR) is 98.3 cm³/mol. The fraction of sp³-hybridized carbons (Fsp3) is 0.143. The molecule has 27 heavy (non-hydrogen) atoms. The van der Waals surface area contributed by atoms with Crippen molar-refractivity contribution in [3.05, 3.63) is 34.6 Å². The maximum atomic E-state index is 12.7. The van der Waals surface area contributed by atoms with Crippen LogP contribution < -0.4 is 15.2 Å². The second-order valence-electron chi connectivity index (χ2n) is 5.21. The highest BCUT2D eigenvalue weighted by molar-refractivity contribution is 7.92. The van der Waals surface area contributed by atoms with Crippen LogP contribution in [0.3, 0.4) is 0 Å². The van der Waals surface area contributed by atoms with Gasteiger partial charge in [0.1, 0.15) is 23.2 Å². The molecule has 0 saturated heterocycles. The average molecular weight is 431 g/mol. The van der Waals surface area contributed by atoms with E-state index in [1.54, 1.807) is 0 Å². The third kappa shape index (κ3) is 3.61. The Hall–Kier alpha value is -2.63. The molecule has 0 aliphatic heterocycles. The first kappa shape index (κ1) is 19.1. The zero-order valence-electron chi connectivity index (χ0n) is 13.7. The number of nitrogens with two attached hydrogens (primary N) is 1. The highest BCUT2D eigenvalue weighted by Gasteiger charge is 2.24. The van der Waals surface area contributed by atoms with Gasteiger partial charge in [0.05, 0.1) is 17.2 Å². The van der Waals surface area contributed by atoms with Crippen LogP contribution in [0.25, 0.3) is 11.0 Å². The molecule has 1 aromatic carbocycles. The molecule has 2 aromatic heterocycles. The summed E-state index contributed by atoms with van der Waals surface area (Å²) in [6.45, 7) is -0.275. The summed E-state index contributed by atoms with van der Waals surface area (Å²) in [6.07, 6.45) is 1.11. The van der Waals surface area contributed by atoms with Gasteiger partial charge in [-0.1, -0.05) is 29.3 Å². The van der Waals surface area contributed by atoms with Gasteiger partial charge in [0, 0.05) is 0 Å². The number of nitrogens with zero attached hydrogens (tertiary/aromatic N) is 4. The van der Waals surface area contributed by atoms with E-state index in [1.807, 2.05) is 0 Å². The fourth-order valence-corrected chi connectivity index (χ4v) is 4.11. The Morgan fingerprint density at radius 3 is 2.74 bits per heavy atom. The van der Waals surface area contributed by atoms with Crippen LogP contribution in [0.5, 0.6) is 5.88 Å². The number of ether oxygens (including phenoxy) is 1. The maximum absolute atomic E-state index is 12.7. The summed E-state index contributed by atoms with van der Waals surface area (Å²) >= 11 is 11.9. The van der Waals surface area contributed by atoms with Crippen LogP contribution in [0.1, 0.15) is 0 Å². The second-order valence-corrected chi connectivity index (χ2v) is 7.65. The first-order valence-corrected chi connectivity index (χ1v) is 9.49. The number of amides is 1. The third-order valence-corrected chi connectivity index (χ3v) is 5.75. The van der Waals surface area contributed by atoms with Crippen molar-refractivity contribution in [3.8, 4) is 5.88 Å². The molecule has 142 valence electrons. The van der Waals surface area contributed by atoms with E-state index in [-0.39, 0.29) is 44.2 Å². The first-order chi connectivity index (χ1) is 12.7. The van der Waals surface area contributed by atoms with Gasteiger partial charge < -0.3 is 10.5 Å². The number of benzene rings is 1. The number of carbonyl (C=O) groups is 1. The highest BCUT2D eigenvalue weighted by Crippen LogP contribution is 2.33. The van der Waals surface area contributed by atoms with Gasteiger partial charge >= 0.3 is 0 Å². The van der Waals surface area contributed by atoms with E-state index >= 15 is 0 Å². The maximum Gasteiger partial charge on any atom is 0.264 e. The number of rotatable bonds is 6. The Kier molecular flexibility index (Phi) is 5.09. The van der Waals surface area contributed by atoms with Crippen LogP contribution in [0.15, 0.2) is 29.4 Å². The molecule has 3 rings (SSSR count). The lowest BCUT2D eigenvalue weighted by molar-refractivity contribution is -0.118. The van der Waals surface area contributed by atoms with Gasteiger partial charge in [0.25, 0.3) is 10.0 Å². The zero-order valence-corrected chi connectivity index (χ0v) is 16.0. The Morgan fingerprint density at radius 2 is 2.07 bits per heavy atom. The summed E-state index contributed by atoms with van der Waals surface area (Å²) in [5, 5.41) is 4.16. The van der Waals surface area contributed by atoms with Crippen molar-refractivity contribution in [1.82, 2.24) is 19.7 Å². The number of sulfonamides is 1. The number of hydrogen-bond donors (Lipinski definition) is 2. The van der Waals surface area contributed by atoms with Crippen molar-refractivity contribution in [2.24, 2.45) is 5.73 Å². The van der Waals surface area contributed by atoms with Crippen LogP contribution in [0.2, 0.25) is 10.0 Å². The summed E-state index contributed by atoms with van der Waals surface area (Å²) in [6, 6.07) is 4.20. The van der Waals surface area contributed by atoms with Crippen LogP contribution in [-0.2, 0) is 21.4 Å². The number of halogens is 2. The van der Waals surface area contributed by atoms with Gasteiger partial charge in [-0.2, -0.15) is 0 Å². The topological polar surface area (TPSA) is 142 Å². The fourth-order valence-electron chi connectivity index (χ4n) is 2.33.